The molecule has 2 fully saturated rings. The van der Waals surface area contributed by atoms with Crippen LogP contribution < -0.4 is 30.1 Å². The molecule has 0 radical (unpaired) electrons. The van der Waals surface area contributed by atoms with Crippen molar-refractivity contribution in [1.82, 2.24) is 24.7 Å². The second kappa shape index (κ2) is 14.1. The molecule has 2 atom stereocenters. The highest BCUT2D eigenvalue weighted by atomic mass is 16.5. The Morgan fingerprint density at radius 1 is 0.981 bits per heavy atom. The molecule has 4 aromatic rings. The summed E-state index contributed by atoms with van der Waals surface area (Å²) in [6, 6.07) is 12.1. The Bertz CT molecular complexity index is 2120. The zero-order chi connectivity index (χ0) is 37.8. The third kappa shape index (κ3) is 6.62. The molecule has 2 aromatic heterocycles. The Balaban J connectivity index is 1.13. The van der Waals surface area contributed by atoms with Gasteiger partial charge >= 0.3 is 0 Å². The van der Waals surface area contributed by atoms with Gasteiger partial charge in [-0.3, -0.25) is 29.5 Å². The van der Waals surface area contributed by atoms with Gasteiger partial charge in [0, 0.05) is 108 Å². The van der Waals surface area contributed by atoms with Gasteiger partial charge in [-0.25, -0.2) is 4.98 Å². The van der Waals surface area contributed by atoms with Crippen LogP contribution in [0.5, 0.6) is 11.5 Å². The molecule has 2 saturated heterocycles. The van der Waals surface area contributed by atoms with Gasteiger partial charge in [-0.2, -0.15) is 0 Å². The highest BCUT2D eigenvalue weighted by molar-refractivity contribution is 6.00. The molecular formula is C40H49N7O6. The van der Waals surface area contributed by atoms with Gasteiger partial charge < -0.3 is 28.6 Å². The number of rotatable bonds is 9. The number of carbonyl (C=O) groups is 2. The number of piperazine rings is 1. The summed E-state index contributed by atoms with van der Waals surface area (Å²) in [6.07, 6.45) is 3.96. The SMILES string of the molecule is COc1cc(-c2cn(C)c(=O)c3cnc(N(C)C)cc23)cc(OC)c1CN1CCN(c2ccc3c(c2)C(OC)N(C2CCC(=O)NC2=O)C3)CC1(C)C. The van der Waals surface area contributed by atoms with Crippen LogP contribution in [0.25, 0.3) is 21.9 Å². The lowest BCUT2D eigenvalue weighted by Crippen LogP contribution is -2.59. The summed E-state index contributed by atoms with van der Waals surface area (Å²) in [6.45, 7) is 8.13. The summed E-state index contributed by atoms with van der Waals surface area (Å²) in [5, 5.41) is 3.85. The number of hydrogen-bond acceptors (Lipinski definition) is 11. The zero-order valence-corrected chi connectivity index (χ0v) is 31.9. The van der Waals surface area contributed by atoms with Gasteiger partial charge in [0.05, 0.1) is 31.2 Å². The van der Waals surface area contributed by atoms with Crippen LogP contribution in [0.15, 0.2) is 53.6 Å². The number of nitrogens with zero attached hydrogens (tertiary/aromatic N) is 6. The zero-order valence-electron chi connectivity index (χ0n) is 31.9. The molecule has 0 saturated carbocycles. The third-order valence-corrected chi connectivity index (χ3v) is 11.1. The number of amides is 2. The number of fused-ring (bicyclic) bond motifs is 2. The smallest absolute Gasteiger partial charge is 0.259 e. The van der Waals surface area contributed by atoms with Crippen molar-refractivity contribution in [3.05, 3.63) is 75.8 Å². The number of piperidine rings is 1. The lowest BCUT2D eigenvalue weighted by atomic mass is 9.95. The van der Waals surface area contributed by atoms with Gasteiger partial charge in [0.15, 0.2) is 0 Å². The standard InChI is InChI=1S/C40H49N7O6/c1-40(2)23-45(26-10-9-24-20-47(39(53-8)27(24)17-26)32-11-12-36(48)42-37(32)49)13-14-46(40)22-31-33(51-6)15-25(16-34(31)52-7)30-21-44(5)38(50)29-19-41-35(43(3)4)18-28(29)30/h9-10,15-19,21,32,39H,11-14,20,22-23H2,1-8H3,(H,42,48,49). The summed E-state index contributed by atoms with van der Waals surface area (Å²) in [7, 11) is 10.6. The predicted octanol–water partition coefficient (Wildman–Crippen LogP) is 4.05. The third-order valence-electron chi connectivity index (χ3n) is 11.1. The molecule has 1 N–H and O–H groups in total. The van der Waals surface area contributed by atoms with Crippen molar-refractivity contribution in [3.8, 4) is 22.6 Å². The molecule has 3 aliphatic rings. The Kier molecular flexibility index (Phi) is 9.68. The molecule has 0 aliphatic carbocycles. The fourth-order valence-corrected chi connectivity index (χ4v) is 8.16. The molecule has 7 rings (SSSR count). The molecule has 53 heavy (non-hydrogen) atoms. The highest BCUT2D eigenvalue weighted by Gasteiger charge is 2.41. The van der Waals surface area contributed by atoms with Gasteiger partial charge in [-0.15, -0.1) is 0 Å². The quantitative estimate of drug-likeness (QED) is 0.252. The maximum Gasteiger partial charge on any atom is 0.259 e. The number of nitrogens with one attached hydrogen (secondary N) is 1. The molecule has 2 amide bonds. The first-order valence-electron chi connectivity index (χ1n) is 18.0. The fourth-order valence-electron chi connectivity index (χ4n) is 8.16. The van der Waals surface area contributed by atoms with Crippen molar-refractivity contribution >= 4 is 34.1 Å². The molecule has 0 bridgehead atoms. The van der Waals surface area contributed by atoms with E-state index in [4.69, 9.17) is 14.2 Å². The number of hydrogen-bond donors (Lipinski definition) is 1. The van der Waals surface area contributed by atoms with Crippen LogP contribution in [0.4, 0.5) is 11.5 Å². The average molecular weight is 724 g/mol. The monoisotopic (exact) mass is 723 g/mol. The van der Waals surface area contributed by atoms with Crippen LogP contribution >= 0.6 is 0 Å². The second-order valence-electron chi connectivity index (χ2n) is 15.1. The number of anilines is 2. The minimum Gasteiger partial charge on any atom is -0.496 e. The maximum absolute atomic E-state index is 13.1. The summed E-state index contributed by atoms with van der Waals surface area (Å²) in [5.41, 5.74) is 5.70. The number of methoxy groups -OCH3 is 3. The van der Waals surface area contributed by atoms with E-state index in [0.29, 0.717) is 42.8 Å². The normalized spacial score (nSPS) is 20.4. The number of carbonyl (C=O) groups excluding carboxylic acids is 2. The molecular weight excluding hydrogens is 674 g/mol. The lowest BCUT2D eigenvalue weighted by molar-refractivity contribution is -0.143. The van der Waals surface area contributed by atoms with E-state index in [-0.39, 0.29) is 29.1 Å². The number of pyridine rings is 2. The summed E-state index contributed by atoms with van der Waals surface area (Å²) in [5.74, 6) is 1.71. The summed E-state index contributed by atoms with van der Waals surface area (Å²) in [4.78, 5) is 51.0. The van der Waals surface area contributed by atoms with Gasteiger partial charge in [0.2, 0.25) is 11.8 Å². The number of aromatic nitrogens is 2. The number of aryl methyl sites for hydroxylation is 1. The Morgan fingerprint density at radius 2 is 1.72 bits per heavy atom. The molecule has 5 heterocycles. The van der Waals surface area contributed by atoms with Crippen molar-refractivity contribution in [1.29, 1.82) is 0 Å². The van der Waals surface area contributed by atoms with Crippen molar-refractivity contribution in [2.45, 2.75) is 57.6 Å². The van der Waals surface area contributed by atoms with Crippen molar-refractivity contribution in [3.63, 3.8) is 0 Å². The molecule has 280 valence electrons. The Hall–Kier alpha value is -4.98. The highest BCUT2D eigenvalue weighted by Crippen LogP contribution is 2.42. The van der Waals surface area contributed by atoms with Crippen molar-refractivity contribution < 1.29 is 23.8 Å². The molecule has 2 unspecified atom stereocenters. The van der Waals surface area contributed by atoms with E-state index in [0.717, 1.165) is 64.3 Å². The maximum atomic E-state index is 13.1. The van der Waals surface area contributed by atoms with E-state index in [1.807, 2.05) is 43.4 Å². The van der Waals surface area contributed by atoms with E-state index in [9.17, 15) is 14.4 Å². The van der Waals surface area contributed by atoms with E-state index < -0.39 is 6.04 Å². The Labute approximate surface area is 310 Å². The minimum absolute atomic E-state index is 0.105. The first-order valence-corrected chi connectivity index (χ1v) is 18.0. The van der Waals surface area contributed by atoms with Crippen LogP contribution in [0.2, 0.25) is 0 Å². The van der Waals surface area contributed by atoms with Gasteiger partial charge in [0.1, 0.15) is 23.5 Å². The summed E-state index contributed by atoms with van der Waals surface area (Å²) >= 11 is 0. The second-order valence-corrected chi connectivity index (χ2v) is 15.1. The predicted molar refractivity (Wildman–Crippen MR) is 204 cm³/mol. The number of imide groups is 1. The number of ether oxygens (including phenoxy) is 3. The van der Waals surface area contributed by atoms with Gasteiger partial charge in [0.25, 0.3) is 5.56 Å². The largest absolute Gasteiger partial charge is 0.496 e. The molecule has 2 aromatic carbocycles. The van der Waals surface area contributed by atoms with E-state index in [2.05, 4.69) is 57.0 Å². The van der Waals surface area contributed by atoms with Crippen LogP contribution in [0, 0.1) is 0 Å². The van der Waals surface area contributed by atoms with Crippen LogP contribution in [-0.2, 0) is 34.5 Å². The fraction of sp³-hybridized carbons (Fsp3) is 0.450. The minimum atomic E-state index is -0.409. The molecule has 13 heteroatoms. The Morgan fingerprint density at radius 3 is 2.36 bits per heavy atom. The van der Waals surface area contributed by atoms with E-state index in [1.54, 1.807) is 39.1 Å². The van der Waals surface area contributed by atoms with Crippen LogP contribution in [-0.4, -0.2) is 97.8 Å². The van der Waals surface area contributed by atoms with Gasteiger partial charge in [-0.05, 0) is 61.7 Å². The number of benzene rings is 2. The molecule has 3 aliphatic heterocycles. The molecule has 0 spiro atoms. The van der Waals surface area contributed by atoms with Crippen LogP contribution in [0.3, 0.4) is 0 Å². The summed E-state index contributed by atoms with van der Waals surface area (Å²) < 4.78 is 19.6. The average Bonchev–Trinajstić information content (AvgIpc) is 3.50. The topological polar surface area (TPSA) is 122 Å². The first-order chi connectivity index (χ1) is 25.3. The van der Waals surface area contributed by atoms with E-state index >= 15 is 0 Å². The van der Waals surface area contributed by atoms with Crippen LogP contribution in [0.1, 0.15) is 49.6 Å². The van der Waals surface area contributed by atoms with Crippen molar-refractivity contribution in [2.24, 2.45) is 7.05 Å². The first kappa shape index (κ1) is 36.4. The lowest BCUT2D eigenvalue weighted by Gasteiger charge is -2.48. The van der Waals surface area contributed by atoms with Crippen molar-refractivity contribution in [2.75, 3.05) is 64.9 Å². The molecule has 13 nitrogen and oxygen atoms in total. The van der Waals surface area contributed by atoms with Gasteiger partial charge in [-0.1, -0.05) is 6.07 Å². The van der Waals surface area contributed by atoms with E-state index in [1.165, 1.54) is 0 Å².